The summed E-state index contributed by atoms with van der Waals surface area (Å²) in [6, 6.07) is 18.8. The monoisotopic (exact) mass is 757 g/mol. The number of carbonyl (C=O) groups is 1. The number of benzene rings is 4. The Morgan fingerprint density at radius 2 is 1.28 bits per heavy atom. The van der Waals surface area contributed by atoms with E-state index >= 15 is 0 Å². The Kier molecular flexibility index (Phi) is 13.6. The van der Waals surface area contributed by atoms with E-state index in [9.17, 15) is 40.1 Å². The molecule has 0 unspecified atom stereocenters. The summed E-state index contributed by atoms with van der Waals surface area (Å²) in [6.45, 7) is 7.98. The molecule has 0 aliphatic rings. The van der Waals surface area contributed by atoms with Crippen molar-refractivity contribution in [3.05, 3.63) is 134 Å². The van der Waals surface area contributed by atoms with Gasteiger partial charge in [-0.3, -0.25) is 0 Å². The molecule has 0 aliphatic heterocycles. The van der Waals surface area contributed by atoms with Crippen LogP contribution < -0.4 is 44.8 Å². The quantitative estimate of drug-likeness (QED) is 0.0231. The topological polar surface area (TPSA) is 117 Å². The number of hydrogen-bond acceptors (Lipinski definition) is 8. The molecular weight excluding hydrogens is 725 g/mol. The van der Waals surface area contributed by atoms with Crippen LogP contribution in [0.25, 0.3) is 35.3 Å². The van der Waals surface area contributed by atoms with E-state index in [1.54, 1.807) is 18.2 Å². The Morgan fingerprint density at radius 1 is 0.792 bits per heavy atom. The largest absolute Gasteiger partial charge is 1.00 e. The molecule has 270 valence electrons. The van der Waals surface area contributed by atoms with Crippen LogP contribution in [0.3, 0.4) is 0 Å². The predicted octanol–water partition coefficient (Wildman–Crippen LogP) is 5.75. The molecule has 14 heteroatoms. The standard InChI is InChI=1S/C39H33F4NO7S.Na/c1-4-20-44(21-5-2)28-17-19-29-23(3)30(39(46)50-31(29)22-28)18-14-25-9-6-24(7-10-25)8-11-26-12-15-27(16-13-26)38(45)51-36-32(40)34(42)37(52(47,48)49)35(43)33(36)41;/h6-19,22H,4-5,20-21H2,1-3H3,(H,47,48,49);/q;+1/p-1/b11-8+,18-14+;. The van der Waals surface area contributed by atoms with Crippen molar-refractivity contribution < 1.29 is 74.0 Å². The summed E-state index contributed by atoms with van der Waals surface area (Å²) in [6.07, 6.45) is 9.05. The van der Waals surface area contributed by atoms with Crippen molar-refractivity contribution in [3.63, 3.8) is 0 Å². The molecule has 1 heterocycles. The van der Waals surface area contributed by atoms with Crippen molar-refractivity contribution in [2.45, 2.75) is 38.5 Å². The van der Waals surface area contributed by atoms with E-state index in [1.165, 1.54) is 24.3 Å². The zero-order chi connectivity index (χ0) is 37.7. The molecule has 0 N–H and O–H groups in total. The van der Waals surface area contributed by atoms with Crippen LogP contribution in [0.5, 0.6) is 5.75 Å². The first-order valence-corrected chi connectivity index (χ1v) is 17.6. The second-order valence-corrected chi connectivity index (χ2v) is 13.1. The van der Waals surface area contributed by atoms with Crippen LogP contribution in [0.2, 0.25) is 0 Å². The van der Waals surface area contributed by atoms with Gasteiger partial charge in [0.2, 0.25) is 17.4 Å². The van der Waals surface area contributed by atoms with Gasteiger partial charge < -0.3 is 18.6 Å². The van der Waals surface area contributed by atoms with E-state index in [1.807, 2.05) is 49.4 Å². The minimum atomic E-state index is -5.91. The van der Waals surface area contributed by atoms with E-state index < -0.39 is 55.6 Å². The van der Waals surface area contributed by atoms with Gasteiger partial charge in [-0.2, -0.15) is 8.78 Å². The van der Waals surface area contributed by atoms with Crippen LogP contribution in [-0.2, 0) is 10.1 Å². The maximum absolute atomic E-state index is 14.2. The number of halogens is 4. The van der Waals surface area contributed by atoms with Crippen LogP contribution in [0, 0.1) is 30.2 Å². The number of esters is 1. The smallest absolute Gasteiger partial charge is 0.744 e. The zero-order valence-corrected chi connectivity index (χ0v) is 32.0. The SMILES string of the molecule is CCCN(CCC)c1ccc2c(C)c(/C=C/c3ccc(/C=C/c4ccc(C(=O)Oc5c(F)c(F)c(S(=O)(=O)[O-])c(F)c5F)cc4)cc3)c(=O)oc2c1.[Na+]. The molecule has 8 nitrogen and oxygen atoms in total. The van der Waals surface area contributed by atoms with Crippen molar-refractivity contribution in [1.82, 2.24) is 0 Å². The minimum Gasteiger partial charge on any atom is -0.744 e. The third-order valence-electron chi connectivity index (χ3n) is 8.17. The summed E-state index contributed by atoms with van der Waals surface area (Å²) in [7, 11) is -5.91. The fraction of sp³-hybridized carbons (Fsp3) is 0.179. The van der Waals surface area contributed by atoms with E-state index in [2.05, 4.69) is 29.6 Å². The van der Waals surface area contributed by atoms with Gasteiger partial charge in [0, 0.05) is 30.2 Å². The Labute approximate surface area is 325 Å². The molecule has 0 radical (unpaired) electrons. The van der Waals surface area contributed by atoms with Gasteiger partial charge in [-0.15, -0.1) is 0 Å². The fourth-order valence-electron chi connectivity index (χ4n) is 5.53. The molecule has 0 atom stereocenters. The molecule has 1 aromatic heterocycles. The van der Waals surface area contributed by atoms with Crippen LogP contribution >= 0.6 is 0 Å². The molecule has 0 saturated carbocycles. The van der Waals surface area contributed by atoms with Crippen molar-refractivity contribution in [2.24, 2.45) is 0 Å². The summed E-state index contributed by atoms with van der Waals surface area (Å²) in [4.78, 5) is 25.3. The molecule has 53 heavy (non-hydrogen) atoms. The molecule has 0 spiro atoms. The first-order chi connectivity index (χ1) is 24.7. The van der Waals surface area contributed by atoms with E-state index in [-0.39, 0.29) is 35.1 Å². The summed E-state index contributed by atoms with van der Waals surface area (Å²) in [5, 5.41) is 0.862. The first kappa shape index (κ1) is 41.2. The number of rotatable bonds is 12. The third kappa shape index (κ3) is 9.35. The summed E-state index contributed by atoms with van der Waals surface area (Å²) in [5.41, 5.74) is 4.42. The molecule has 5 aromatic rings. The van der Waals surface area contributed by atoms with Crippen LogP contribution in [0.4, 0.5) is 23.2 Å². The molecular formula is C39H32F4NNaO7S. The molecule has 0 bridgehead atoms. The number of anilines is 1. The molecule has 0 amide bonds. The summed E-state index contributed by atoms with van der Waals surface area (Å²) < 4.78 is 99.7. The number of ether oxygens (including phenoxy) is 1. The van der Waals surface area contributed by atoms with Gasteiger partial charge in [0.05, 0.1) is 11.1 Å². The van der Waals surface area contributed by atoms with Crippen LogP contribution in [0.15, 0.2) is 80.8 Å². The predicted molar refractivity (Wildman–Crippen MR) is 190 cm³/mol. The van der Waals surface area contributed by atoms with Gasteiger partial charge in [-0.1, -0.05) is 68.5 Å². The zero-order valence-electron chi connectivity index (χ0n) is 29.2. The normalized spacial score (nSPS) is 11.7. The number of carbonyl (C=O) groups excluding carboxylic acids is 1. The van der Waals surface area contributed by atoms with Gasteiger partial charge >= 0.3 is 41.2 Å². The Balaban J connectivity index is 0.00000627. The Morgan fingerprint density at radius 3 is 1.77 bits per heavy atom. The maximum Gasteiger partial charge on any atom is 1.00 e. The van der Waals surface area contributed by atoms with Crippen molar-refractivity contribution in [3.8, 4) is 5.75 Å². The van der Waals surface area contributed by atoms with Crippen LogP contribution in [-0.4, -0.2) is 32.0 Å². The molecule has 0 aliphatic carbocycles. The van der Waals surface area contributed by atoms with E-state index in [0.29, 0.717) is 16.7 Å². The Hall–Kier alpha value is -4.53. The average Bonchev–Trinajstić information content (AvgIpc) is 3.11. The van der Waals surface area contributed by atoms with Gasteiger partial charge in [0.1, 0.15) is 20.6 Å². The third-order valence-corrected chi connectivity index (χ3v) is 9.03. The maximum atomic E-state index is 14.2. The van der Waals surface area contributed by atoms with Crippen molar-refractivity contribution in [2.75, 3.05) is 18.0 Å². The fourth-order valence-corrected chi connectivity index (χ4v) is 6.15. The number of aryl methyl sites for hydroxylation is 1. The summed E-state index contributed by atoms with van der Waals surface area (Å²) >= 11 is 0. The van der Waals surface area contributed by atoms with E-state index in [0.717, 1.165) is 53.7 Å². The second kappa shape index (κ2) is 17.5. The average molecular weight is 758 g/mol. The molecule has 5 rings (SSSR count). The molecule has 4 aromatic carbocycles. The molecule has 0 saturated heterocycles. The van der Waals surface area contributed by atoms with Gasteiger partial charge in [0.15, 0.2) is 11.6 Å². The van der Waals surface area contributed by atoms with Gasteiger partial charge in [-0.05, 0) is 72.4 Å². The number of fused-ring (bicyclic) bond motifs is 1. The molecule has 0 fully saturated rings. The van der Waals surface area contributed by atoms with Gasteiger partial charge in [0.25, 0.3) is 0 Å². The minimum absolute atomic E-state index is 0. The van der Waals surface area contributed by atoms with Crippen molar-refractivity contribution in [1.29, 1.82) is 0 Å². The Bertz CT molecular complexity index is 2340. The first-order valence-electron chi connectivity index (χ1n) is 16.2. The van der Waals surface area contributed by atoms with Crippen molar-refractivity contribution >= 4 is 57.0 Å². The van der Waals surface area contributed by atoms with E-state index in [4.69, 9.17) is 4.42 Å². The van der Waals surface area contributed by atoms with Crippen LogP contribution in [0.1, 0.15) is 64.9 Å². The number of nitrogens with zero attached hydrogens (tertiary/aromatic N) is 1. The summed E-state index contributed by atoms with van der Waals surface area (Å²) in [5.74, 6) is -13.0. The number of hydrogen-bond donors (Lipinski definition) is 0. The second-order valence-electron chi connectivity index (χ2n) is 11.8. The van der Waals surface area contributed by atoms with Gasteiger partial charge in [-0.25, -0.2) is 26.8 Å².